The molecule has 72 heavy (non-hydrogen) atoms. The van der Waals surface area contributed by atoms with Crippen molar-refractivity contribution < 1.29 is 61.7 Å². The second kappa shape index (κ2) is 24.7. The predicted molar refractivity (Wildman–Crippen MR) is 269 cm³/mol. The number of fused-ring (bicyclic) bond motifs is 1. The molecule has 3 saturated heterocycles. The second-order valence-electron chi connectivity index (χ2n) is 17.4. The highest BCUT2D eigenvalue weighted by atomic mass is 127. The fourth-order valence-corrected chi connectivity index (χ4v) is 9.48. The Labute approximate surface area is 432 Å². The molecule has 3 fully saturated rings. The quantitative estimate of drug-likeness (QED) is 0.0560. The van der Waals surface area contributed by atoms with Crippen molar-refractivity contribution in [1.29, 1.82) is 5.26 Å². The summed E-state index contributed by atoms with van der Waals surface area (Å²) in [4.78, 5) is 28.7. The van der Waals surface area contributed by atoms with Crippen LogP contribution in [0.25, 0.3) is 0 Å². The van der Waals surface area contributed by atoms with E-state index in [2.05, 4.69) is 28.7 Å². The van der Waals surface area contributed by atoms with Gasteiger partial charge in [-0.3, -0.25) is 0 Å². The van der Waals surface area contributed by atoms with Crippen LogP contribution in [-0.2, 0) is 78.3 Å². The van der Waals surface area contributed by atoms with Crippen molar-refractivity contribution in [2.24, 2.45) is 0 Å². The van der Waals surface area contributed by atoms with Gasteiger partial charge in [-0.25, -0.2) is 9.59 Å². The summed E-state index contributed by atoms with van der Waals surface area (Å²) in [5.74, 6) is -3.37. The maximum Gasteiger partial charge on any atom is 0.338 e. The molecule has 15 heteroatoms. The monoisotopic (exact) mass is 1090 g/mol. The Kier molecular flexibility index (Phi) is 17.5. The van der Waals surface area contributed by atoms with Crippen molar-refractivity contribution in [3.8, 4) is 6.07 Å². The van der Waals surface area contributed by atoms with E-state index in [0.29, 0.717) is 0 Å². The number of hydrogen-bond acceptors (Lipinski definition) is 14. The molecular formula is C57H54INO13. The zero-order valence-corrected chi connectivity index (χ0v) is 41.5. The number of hydrogen-bond donors (Lipinski definition) is 0. The molecule has 6 aromatic rings. The molecule has 0 aliphatic carbocycles. The van der Waals surface area contributed by atoms with Gasteiger partial charge in [0.25, 0.3) is 5.79 Å². The van der Waals surface area contributed by atoms with Gasteiger partial charge in [-0.05, 0) is 75.2 Å². The van der Waals surface area contributed by atoms with Crippen molar-refractivity contribution in [3.05, 3.63) is 213 Å². The number of nitriles is 1. The van der Waals surface area contributed by atoms with E-state index in [9.17, 15) is 14.9 Å². The molecule has 3 aliphatic rings. The van der Waals surface area contributed by atoms with E-state index in [1.807, 2.05) is 115 Å². The van der Waals surface area contributed by atoms with E-state index in [1.165, 1.54) is 7.11 Å². The molecule has 0 radical (unpaired) electrons. The molecule has 11 atom stereocenters. The lowest BCUT2D eigenvalue weighted by Crippen LogP contribution is -2.69. The summed E-state index contributed by atoms with van der Waals surface area (Å²) in [5, 5.41) is 10.9. The van der Waals surface area contributed by atoms with E-state index in [-0.39, 0.29) is 50.6 Å². The summed E-state index contributed by atoms with van der Waals surface area (Å²) in [6, 6.07) is 55.6. The Morgan fingerprint density at radius 3 is 1.68 bits per heavy atom. The Morgan fingerprint density at radius 1 is 0.611 bits per heavy atom. The number of benzene rings is 6. The van der Waals surface area contributed by atoms with Crippen molar-refractivity contribution in [2.75, 3.05) is 20.3 Å². The highest BCUT2D eigenvalue weighted by molar-refractivity contribution is 14.1. The fraction of sp³-hybridized carbons (Fsp3) is 0.316. The Bertz CT molecular complexity index is 2700. The minimum Gasteiger partial charge on any atom is -0.452 e. The van der Waals surface area contributed by atoms with Crippen LogP contribution < -0.4 is 0 Å². The van der Waals surface area contributed by atoms with Crippen LogP contribution in [0.15, 0.2) is 176 Å². The number of esters is 2. The molecule has 0 amide bonds. The van der Waals surface area contributed by atoms with Crippen LogP contribution in [0.1, 0.15) is 43.0 Å². The smallest absolute Gasteiger partial charge is 0.338 e. The van der Waals surface area contributed by atoms with Gasteiger partial charge in [-0.2, -0.15) is 5.26 Å². The van der Waals surface area contributed by atoms with E-state index in [1.54, 1.807) is 60.7 Å². The van der Waals surface area contributed by atoms with Crippen LogP contribution in [0.2, 0.25) is 0 Å². The first-order valence-electron chi connectivity index (χ1n) is 23.7. The molecule has 0 saturated carbocycles. The lowest BCUT2D eigenvalue weighted by Gasteiger charge is -2.52. The third kappa shape index (κ3) is 12.6. The topological polar surface area (TPSA) is 159 Å². The predicted octanol–water partition coefficient (Wildman–Crippen LogP) is 8.79. The number of carbonyl (C=O) groups excluding carboxylic acids is 2. The molecule has 3 heterocycles. The maximum absolute atomic E-state index is 14.4. The zero-order chi connectivity index (χ0) is 49.7. The van der Waals surface area contributed by atoms with Crippen LogP contribution in [0.4, 0.5) is 0 Å². The highest BCUT2D eigenvalue weighted by Gasteiger charge is 2.59. The van der Waals surface area contributed by atoms with E-state index >= 15 is 0 Å². The second-order valence-corrected chi connectivity index (χ2v) is 18.6. The van der Waals surface area contributed by atoms with Gasteiger partial charge < -0.3 is 52.1 Å². The number of carbonyl (C=O) groups is 2. The third-order valence-corrected chi connectivity index (χ3v) is 13.6. The number of rotatable bonds is 19. The standard InChI is InChI=1S/C57H54INO13/c1-62-55-51(65-34-40-23-11-4-12-24-40)49(64-33-39-21-9-3-10-22-39)47(45(67-55)35-63-32-38-19-7-2-8-20-38)71-56-52(70-54(61)42-27-15-6-16-28-42)50(69-53(60)41-25-13-5-14-26-41)48-46(68-56)36-66-57(37-59,72-48)31-43-29-17-18-30-44(43)58/h2-30,45-52,55-56H,31-36H2,1H3/t45-,46-,47-,48+,49+,50+,51-,52-,55+,56+,57?/m1/s1. The largest absolute Gasteiger partial charge is 0.452 e. The Balaban J connectivity index is 1.12. The van der Waals surface area contributed by atoms with Crippen molar-refractivity contribution in [3.63, 3.8) is 0 Å². The molecule has 372 valence electrons. The molecule has 0 aromatic heterocycles. The number of ether oxygens (including phenoxy) is 11. The summed E-state index contributed by atoms with van der Waals surface area (Å²) in [7, 11) is 1.53. The molecule has 3 aliphatic heterocycles. The lowest BCUT2D eigenvalue weighted by molar-refractivity contribution is -0.396. The zero-order valence-electron chi connectivity index (χ0n) is 39.4. The maximum atomic E-state index is 14.4. The lowest BCUT2D eigenvalue weighted by atomic mass is 9.94. The van der Waals surface area contributed by atoms with Crippen LogP contribution in [0, 0.1) is 14.9 Å². The number of methoxy groups -OCH3 is 1. The SMILES string of the molecule is CO[C@H]1O[C@H](COCc2ccccc2)[C@@H](O[C@@H]2O[C@@H]3COC(C#N)(Cc4ccccc4I)O[C@@H]3[C@H](OC(=O)c3ccccc3)[C@H]2OC(=O)c2ccccc2)[C@H](OCc2ccccc2)[C@H]1OCc1ccccc1. The molecule has 14 nitrogen and oxygen atoms in total. The third-order valence-electron chi connectivity index (χ3n) is 12.5. The van der Waals surface area contributed by atoms with Crippen LogP contribution >= 0.6 is 22.6 Å². The van der Waals surface area contributed by atoms with Crippen molar-refractivity contribution in [2.45, 2.75) is 93.4 Å². The van der Waals surface area contributed by atoms with Crippen LogP contribution in [0.5, 0.6) is 0 Å². The molecule has 0 N–H and O–H groups in total. The Hall–Kier alpha value is -5.88. The highest BCUT2D eigenvalue weighted by Crippen LogP contribution is 2.40. The van der Waals surface area contributed by atoms with E-state index in [0.717, 1.165) is 25.8 Å². The van der Waals surface area contributed by atoms with Gasteiger partial charge >= 0.3 is 11.9 Å². The van der Waals surface area contributed by atoms with E-state index < -0.39 is 79.1 Å². The van der Waals surface area contributed by atoms with Gasteiger partial charge in [0.1, 0.15) is 42.7 Å². The van der Waals surface area contributed by atoms with E-state index in [4.69, 9.17) is 52.1 Å². The first kappa shape index (κ1) is 51.0. The minimum atomic E-state index is -1.86. The first-order valence-corrected chi connectivity index (χ1v) is 24.8. The summed E-state index contributed by atoms with van der Waals surface area (Å²) in [6.45, 7) is 0.309. The van der Waals surface area contributed by atoms with Gasteiger partial charge in [0, 0.05) is 17.1 Å². The molecular weight excluding hydrogens is 1030 g/mol. The summed E-state index contributed by atoms with van der Waals surface area (Å²) < 4.78 is 73.6. The summed E-state index contributed by atoms with van der Waals surface area (Å²) in [5.41, 5.74) is 3.92. The van der Waals surface area contributed by atoms with Gasteiger partial charge in [0.05, 0.1) is 44.2 Å². The average Bonchev–Trinajstić information content (AvgIpc) is 3.43. The normalized spacial score (nSPS) is 26.9. The molecule has 0 bridgehead atoms. The van der Waals surface area contributed by atoms with Gasteiger partial charge in [-0.1, -0.05) is 146 Å². The number of halogens is 1. The Morgan fingerprint density at radius 2 is 1.12 bits per heavy atom. The van der Waals surface area contributed by atoms with Gasteiger partial charge in [0.2, 0.25) is 0 Å². The molecule has 1 unspecified atom stereocenters. The van der Waals surface area contributed by atoms with Gasteiger partial charge in [0.15, 0.2) is 24.8 Å². The first-order chi connectivity index (χ1) is 35.3. The molecule has 6 aromatic carbocycles. The van der Waals surface area contributed by atoms with Gasteiger partial charge in [-0.15, -0.1) is 0 Å². The molecule has 9 rings (SSSR count). The molecule has 0 spiro atoms. The van der Waals surface area contributed by atoms with Crippen molar-refractivity contribution in [1.82, 2.24) is 0 Å². The summed E-state index contributed by atoms with van der Waals surface area (Å²) >= 11 is 2.20. The van der Waals surface area contributed by atoms with Crippen LogP contribution in [-0.4, -0.2) is 99.5 Å². The summed E-state index contributed by atoms with van der Waals surface area (Å²) in [6.07, 6.45) is -11.6. The van der Waals surface area contributed by atoms with Crippen LogP contribution in [0.3, 0.4) is 0 Å². The number of nitrogens with zero attached hydrogens (tertiary/aromatic N) is 1. The van der Waals surface area contributed by atoms with Crippen molar-refractivity contribution >= 4 is 34.5 Å². The average molecular weight is 1090 g/mol. The minimum absolute atomic E-state index is 0.0229. The fourth-order valence-electron chi connectivity index (χ4n) is 8.90.